The van der Waals surface area contributed by atoms with Gasteiger partial charge < -0.3 is 15.2 Å². The minimum atomic E-state index is -0.104. The van der Waals surface area contributed by atoms with Gasteiger partial charge in [-0.3, -0.25) is 4.90 Å². The summed E-state index contributed by atoms with van der Waals surface area (Å²) in [7, 11) is 1.70. The molecule has 1 atom stereocenters. The number of aryl methyl sites for hydroxylation is 1. The molecule has 1 aromatic rings. The summed E-state index contributed by atoms with van der Waals surface area (Å²) in [4.78, 5) is 2.42. The van der Waals surface area contributed by atoms with Crippen molar-refractivity contribution in [1.29, 1.82) is 0 Å². The Kier molecular flexibility index (Phi) is 4.68. The third-order valence-corrected chi connectivity index (χ3v) is 3.92. The number of hydrogen-bond donors (Lipinski definition) is 1. The largest absolute Gasteiger partial charge is 0.496 e. The second-order valence-electron chi connectivity index (χ2n) is 6.06. The molecule has 0 saturated carbocycles. The zero-order chi connectivity index (χ0) is 14.8. The lowest BCUT2D eigenvalue weighted by Crippen LogP contribution is -2.50. The molecule has 2 N–H and O–H groups in total. The third-order valence-electron chi connectivity index (χ3n) is 3.92. The summed E-state index contributed by atoms with van der Waals surface area (Å²) in [6.45, 7) is 9.54. The summed E-state index contributed by atoms with van der Waals surface area (Å²) in [5, 5.41) is 0. The Hall–Kier alpha value is -1.10. The minimum absolute atomic E-state index is 0.104. The predicted octanol–water partition coefficient (Wildman–Crippen LogP) is 2.11. The molecule has 1 fully saturated rings. The average Bonchev–Trinajstić information content (AvgIpc) is 2.39. The highest BCUT2D eigenvalue weighted by Crippen LogP contribution is 2.29. The Morgan fingerprint density at radius 1 is 1.45 bits per heavy atom. The SMILES string of the molecule is COc1ccc(C(CN)N2CCOC(C)(C)C2)cc1C. The van der Waals surface area contributed by atoms with Crippen LogP contribution in [0.3, 0.4) is 0 Å². The number of morpholine rings is 1. The molecule has 1 aromatic carbocycles. The van der Waals surface area contributed by atoms with Crippen molar-refractivity contribution in [2.24, 2.45) is 5.73 Å². The van der Waals surface area contributed by atoms with Crippen molar-refractivity contribution in [2.75, 3.05) is 33.4 Å². The third kappa shape index (κ3) is 3.32. The first-order valence-corrected chi connectivity index (χ1v) is 7.19. The maximum absolute atomic E-state index is 6.03. The molecule has 1 heterocycles. The van der Waals surface area contributed by atoms with Crippen molar-refractivity contribution in [1.82, 2.24) is 4.90 Å². The van der Waals surface area contributed by atoms with E-state index in [0.717, 1.165) is 31.0 Å². The van der Waals surface area contributed by atoms with Crippen LogP contribution in [-0.4, -0.2) is 43.9 Å². The van der Waals surface area contributed by atoms with Gasteiger partial charge in [0.1, 0.15) is 5.75 Å². The fraction of sp³-hybridized carbons (Fsp3) is 0.625. The summed E-state index contributed by atoms with van der Waals surface area (Å²) in [6.07, 6.45) is 0. The van der Waals surface area contributed by atoms with Crippen molar-refractivity contribution < 1.29 is 9.47 Å². The summed E-state index contributed by atoms with van der Waals surface area (Å²) < 4.78 is 11.1. The first-order valence-electron chi connectivity index (χ1n) is 7.19. The Morgan fingerprint density at radius 2 is 2.20 bits per heavy atom. The zero-order valence-electron chi connectivity index (χ0n) is 13.0. The smallest absolute Gasteiger partial charge is 0.121 e. The van der Waals surface area contributed by atoms with E-state index in [-0.39, 0.29) is 11.6 Å². The molecule has 112 valence electrons. The van der Waals surface area contributed by atoms with Crippen LogP contribution in [0.4, 0.5) is 0 Å². The van der Waals surface area contributed by atoms with Crippen molar-refractivity contribution in [3.05, 3.63) is 29.3 Å². The summed E-state index contributed by atoms with van der Waals surface area (Å²) in [6, 6.07) is 6.56. The Bertz CT molecular complexity index is 460. The van der Waals surface area contributed by atoms with Crippen LogP contribution in [0.15, 0.2) is 18.2 Å². The van der Waals surface area contributed by atoms with Crippen LogP contribution >= 0.6 is 0 Å². The van der Waals surface area contributed by atoms with Crippen LogP contribution in [0, 0.1) is 6.92 Å². The standard InChI is InChI=1S/C16H26N2O2/c1-12-9-13(5-6-15(12)19-4)14(10-17)18-7-8-20-16(2,3)11-18/h5-6,9,14H,7-8,10-11,17H2,1-4H3. The van der Waals surface area contributed by atoms with E-state index < -0.39 is 0 Å². The number of nitrogens with two attached hydrogens (primary N) is 1. The van der Waals surface area contributed by atoms with E-state index in [1.165, 1.54) is 5.56 Å². The molecule has 0 radical (unpaired) electrons. The second kappa shape index (κ2) is 6.12. The molecule has 2 rings (SSSR count). The van der Waals surface area contributed by atoms with Crippen molar-refractivity contribution in [3.8, 4) is 5.75 Å². The summed E-state index contributed by atoms with van der Waals surface area (Å²) >= 11 is 0. The maximum atomic E-state index is 6.03. The van der Waals surface area contributed by atoms with Crippen LogP contribution in [0.1, 0.15) is 31.0 Å². The Morgan fingerprint density at radius 3 is 2.75 bits per heavy atom. The number of methoxy groups -OCH3 is 1. The summed E-state index contributed by atoms with van der Waals surface area (Å²) in [5.74, 6) is 0.923. The van der Waals surface area contributed by atoms with Gasteiger partial charge in [0.15, 0.2) is 0 Å². The lowest BCUT2D eigenvalue weighted by Gasteiger charge is -2.42. The molecule has 20 heavy (non-hydrogen) atoms. The number of hydrogen-bond acceptors (Lipinski definition) is 4. The average molecular weight is 278 g/mol. The maximum Gasteiger partial charge on any atom is 0.121 e. The van der Waals surface area contributed by atoms with E-state index in [9.17, 15) is 0 Å². The van der Waals surface area contributed by atoms with Gasteiger partial charge in [0.05, 0.1) is 19.3 Å². The van der Waals surface area contributed by atoms with E-state index >= 15 is 0 Å². The minimum Gasteiger partial charge on any atom is -0.496 e. The van der Waals surface area contributed by atoms with Crippen LogP contribution < -0.4 is 10.5 Å². The van der Waals surface area contributed by atoms with Crippen molar-refractivity contribution in [3.63, 3.8) is 0 Å². The van der Waals surface area contributed by atoms with Gasteiger partial charge >= 0.3 is 0 Å². The van der Waals surface area contributed by atoms with Crippen LogP contribution in [-0.2, 0) is 4.74 Å². The molecule has 4 nitrogen and oxygen atoms in total. The molecule has 0 aliphatic carbocycles. The molecule has 1 aliphatic rings. The number of rotatable bonds is 4. The van der Waals surface area contributed by atoms with E-state index in [4.69, 9.17) is 15.2 Å². The molecule has 4 heteroatoms. The van der Waals surface area contributed by atoms with Gasteiger partial charge in [0.25, 0.3) is 0 Å². The Labute approximate surface area is 121 Å². The van der Waals surface area contributed by atoms with E-state index in [2.05, 4.69) is 37.8 Å². The van der Waals surface area contributed by atoms with Gasteiger partial charge in [-0.25, -0.2) is 0 Å². The normalized spacial score (nSPS) is 20.6. The molecule has 0 spiro atoms. The number of benzene rings is 1. The molecule has 1 aliphatic heterocycles. The molecule has 0 aromatic heterocycles. The molecular formula is C16H26N2O2. The fourth-order valence-electron chi connectivity index (χ4n) is 2.92. The first kappa shape index (κ1) is 15.3. The zero-order valence-corrected chi connectivity index (χ0v) is 13.0. The molecule has 1 saturated heterocycles. The summed E-state index contributed by atoms with van der Waals surface area (Å²) in [5.41, 5.74) is 8.33. The van der Waals surface area contributed by atoms with E-state index in [0.29, 0.717) is 6.54 Å². The number of ether oxygens (including phenoxy) is 2. The van der Waals surface area contributed by atoms with Crippen LogP contribution in [0.5, 0.6) is 5.75 Å². The highest BCUT2D eigenvalue weighted by Gasteiger charge is 2.31. The lowest BCUT2D eigenvalue weighted by atomic mass is 9.99. The van der Waals surface area contributed by atoms with Crippen LogP contribution in [0.25, 0.3) is 0 Å². The second-order valence-corrected chi connectivity index (χ2v) is 6.06. The van der Waals surface area contributed by atoms with Crippen molar-refractivity contribution in [2.45, 2.75) is 32.4 Å². The molecular weight excluding hydrogens is 252 g/mol. The van der Waals surface area contributed by atoms with Gasteiger partial charge in [-0.15, -0.1) is 0 Å². The Balaban J connectivity index is 2.21. The van der Waals surface area contributed by atoms with Gasteiger partial charge in [-0.05, 0) is 38.0 Å². The predicted molar refractivity (Wildman–Crippen MR) is 81.1 cm³/mol. The van der Waals surface area contributed by atoms with Gasteiger partial charge in [-0.2, -0.15) is 0 Å². The van der Waals surface area contributed by atoms with Crippen LogP contribution in [0.2, 0.25) is 0 Å². The first-order chi connectivity index (χ1) is 9.46. The van der Waals surface area contributed by atoms with Crippen molar-refractivity contribution >= 4 is 0 Å². The van der Waals surface area contributed by atoms with Gasteiger partial charge in [0, 0.05) is 25.7 Å². The topological polar surface area (TPSA) is 47.7 Å². The highest BCUT2D eigenvalue weighted by atomic mass is 16.5. The highest BCUT2D eigenvalue weighted by molar-refractivity contribution is 5.37. The lowest BCUT2D eigenvalue weighted by molar-refractivity contribution is -0.0967. The molecule has 0 amide bonds. The quantitative estimate of drug-likeness (QED) is 0.916. The van der Waals surface area contributed by atoms with Gasteiger partial charge in [-0.1, -0.05) is 12.1 Å². The van der Waals surface area contributed by atoms with Gasteiger partial charge in [0.2, 0.25) is 0 Å². The molecule has 1 unspecified atom stereocenters. The number of nitrogens with zero attached hydrogens (tertiary/aromatic N) is 1. The molecule has 0 bridgehead atoms. The monoisotopic (exact) mass is 278 g/mol. The fourth-order valence-corrected chi connectivity index (χ4v) is 2.92. The van der Waals surface area contributed by atoms with E-state index in [1.807, 2.05) is 6.07 Å². The van der Waals surface area contributed by atoms with E-state index in [1.54, 1.807) is 7.11 Å².